The van der Waals surface area contributed by atoms with Gasteiger partial charge in [0.25, 0.3) is 0 Å². The molecule has 1 aromatic rings. The van der Waals surface area contributed by atoms with Crippen LogP contribution in [0.1, 0.15) is 32.3 Å². The van der Waals surface area contributed by atoms with Gasteiger partial charge in [-0.2, -0.15) is 0 Å². The molecular weight excluding hydrogens is 302 g/mol. The van der Waals surface area contributed by atoms with E-state index in [0.717, 1.165) is 5.56 Å². The number of Topliss-reactive ketones (excluding diaryl/α,β-unsaturated/α-hetero) is 2. The first kappa shape index (κ1) is 15.2. The van der Waals surface area contributed by atoms with E-state index in [1.165, 1.54) is 0 Å². The minimum absolute atomic E-state index is 0.341. The van der Waals surface area contributed by atoms with Gasteiger partial charge in [-0.25, -0.2) is 0 Å². The van der Waals surface area contributed by atoms with Crippen molar-refractivity contribution in [3.8, 4) is 0 Å². The molecule has 0 aromatic heterocycles. The lowest BCUT2D eigenvalue weighted by Gasteiger charge is -2.34. The molecule has 116 valence electrons. The van der Waals surface area contributed by atoms with E-state index in [9.17, 15) is 14.4 Å². The molecule has 1 aromatic carbocycles. The van der Waals surface area contributed by atoms with Gasteiger partial charge in [0.2, 0.25) is 17.5 Å². The summed E-state index contributed by atoms with van der Waals surface area (Å²) in [6.07, 6.45) is 1.03. The number of fused-ring (bicyclic) bond motifs is 2. The fraction of sp³-hybridized carbons (Fsp3) is 0.471. The van der Waals surface area contributed by atoms with Crippen LogP contribution in [0.25, 0.3) is 0 Å². The molecule has 0 spiro atoms. The van der Waals surface area contributed by atoms with Crippen LogP contribution in [0.5, 0.6) is 0 Å². The third kappa shape index (κ3) is 1.73. The molecule has 2 aliphatic carbocycles. The van der Waals surface area contributed by atoms with Crippen LogP contribution in [0.4, 0.5) is 5.69 Å². The van der Waals surface area contributed by atoms with Crippen molar-refractivity contribution in [2.24, 2.45) is 16.7 Å². The summed E-state index contributed by atoms with van der Waals surface area (Å²) in [6.45, 7) is 5.55. The summed E-state index contributed by atoms with van der Waals surface area (Å²) in [5.41, 5.74) is -0.446. The van der Waals surface area contributed by atoms with Crippen molar-refractivity contribution in [3.05, 3.63) is 28.8 Å². The van der Waals surface area contributed by atoms with Crippen molar-refractivity contribution < 1.29 is 14.4 Å². The Morgan fingerprint density at radius 3 is 2.59 bits per heavy atom. The van der Waals surface area contributed by atoms with E-state index in [1.807, 2.05) is 20.8 Å². The van der Waals surface area contributed by atoms with E-state index in [4.69, 9.17) is 11.6 Å². The molecule has 0 heterocycles. The zero-order valence-electron chi connectivity index (χ0n) is 12.8. The van der Waals surface area contributed by atoms with Gasteiger partial charge in [-0.05, 0) is 42.9 Å². The summed E-state index contributed by atoms with van der Waals surface area (Å²) in [5, 5.41) is 3.33. The zero-order valence-corrected chi connectivity index (χ0v) is 13.6. The third-order valence-corrected chi connectivity index (χ3v) is 5.78. The van der Waals surface area contributed by atoms with Gasteiger partial charge >= 0.3 is 0 Å². The Balaban J connectivity index is 2.00. The summed E-state index contributed by atoms with van der Waals surface area (Å²) in [6, 6.07) is 5.20. The fourth-order valence-electron chi connectivity index (χ4n) is 4.04. The molecule has 1 N–H and O–H groups in total. The van der Waals surface area contributed by atoms with Crippen LogP contribution < -0.4 is 5.32 Å². The minimum atomic E-state index is -1.25. The molecule has 2 atom stereocenters. The van der Waals surface area contributed by atoms with Crippen LogP contribution in [0.2, 0.25) is 5.02 Å². The summed E-state index contributed by atoms with van der Waals surface area (Å²) in [7, 11) is 0. The van der Waals surface area contributed by atoms with Gasteiger partial charge in [0.1, 0.15) is 5.41 Å². The van der Waals surface area contributed by atoms with Crippen molar-refractivity contribution >= 4 is 34.8 Å². The topological polar surface area (TPSA) is 63.2 Å². The number of amides is 1. The Morgan fingerprint density at radius 1 is 1.32 bits per heavy atom. The molecule has 3 rings (SSSR count). The molecule has 2 saturated carbocycles. The van der Waals surface area contributed by atoms with Crippen LogP contribution in [-0.4, -0.2) is 17.5 Å². The second-order valence-corrected chi connectivity index (χ2v) is 7.26. The van der Waals surface area contributed by atoms with Gasteiger partial charge in [0, 0.05) is 16.6 Å². The van der Waals surface area contributed by atoms with E-state index in [-0.39, 0.29) is 11.8 Å². The highest BCUT2D eigenvalue weighted by molar-refractivity contribution is 6.48. The van der Waals surface area contributed by atoms with Crippen molar-refractivity contribution in [1.82, 2.24) is 0 Å². The number of benzene rings is 1. The lowest BCUT2D eigenvalue weighted by atomic mass is 9.68. The second kappa shape index (κ2) is 4.66. The first-order valence-corrected chi connectivity index (χ1v) is 7.76. The lowest BCUT2D eigenvalue weighted by Crippen LogP contribution is -2.47. The van der Waals surface area contributed by atoms with Gasteiger partial charge in [-0.3, -0.25) is 14.4 Å². The molecule has 22 heavy (non-hydrogen) atoms. The predicted molar refractivity (Wildman–Crippen MR) is 83.8 cm³/mol. The van der Waals surface area contributed by atoms with Crippen LogP contribution in [0, 0.1) is 23.7 Å². The maximum atomic E-state index is 12.9. The molecule has 1 amide bonds. The van der Waals surface area contributed by atoms with Crippen LogP contribution in [0.3, 0.4) is 0 Å². The molecule has 0 radical (unpaired) electrons. The molecule has 4 nitrogen and oxygen atoms in total. The van der Waals surface area contributed by atoms with Crippen molar-refractivity contribution in [3.63, 3.8) is 0 Å². The van der Waals surface area contributed by atoms with Gasteiger partial charge in [0.15, 0.2) is 0 Å². The maximum absolute atomic E-state index is 12.9. The second-order valence-electron chi connectivity index (χ2n) is 6.83. The molecular formula is C17H18ClNO3. The van der Waals surface area contributed by atoms with Gasteiger partial charge in [-0.1, -0.05) is 31.5 Å². The molecule has 2 fully saturated rings. The van der Waals surface area contributed by atoms with Crippen LogP contribution in [-0.2, 0) is 14.4 Å². The quantitative estimate of drug-likeness (QED) is 0.672. The number of hydrogen-bond acceptors (Lipinski definition) is 3. The van der Waals surface area contributed by atoms with Crippen molar-refractivity contribution in [2.75, 3.05) is 5.32 Å². The Morgan fingerprint density at radius 2 is 2.00 bits per heavy atom. The average molecular weight is 320 g/mol. The number of anilines is 1. The Hall–Kier alpha value is -1.68. The number of nitrogens with one attached hydrogen (secondary N) is 1. The summed E-state index contributed by atoms with van der Waals surface area (Å²) >= 11 is 5.97. The minimum Gasteiger partial charge on any atom is -0.325 e. The third-order valence-electron chi connectivity index (χ3n) is 5.54. The van der Waals surface area contributed by atoms with E-state index in [2.05, 4.69) is 5.32 Å². The monoisotopic (exact) mass is 319 g/mol. The normalized spacial score (nSPS) is 29.0. The van der Waals surface area contributed by atoms with E-state index < -0.39 is 22.4 Å². The molecule has 2 aliphatic rings. The zero-order chi connectivity index (χ0) is 16.3. The van der Waals surface area contributed by atoms with E-state index >= 15 is 0 Å². The molecule has 0 aliphatic heterocycles. The fourth-order valence-corrected chi connectivity index (χ4v) is 4.21. The molecule has 5 heteroatoms. The van der Waals surface area contributed by atoms with E-state index in [1.54, 1.807) is 18.2 Å². The highest BCUT2D eigenvalue weighted by atomic mass is 35.5. The first-order chi connectivity index (χ1) is 10.2. The number of hydrogen-bond donors (Lipinski definition) is 1. The van der Waals surface area contributed by atoms with Gasteiger partial charge < -0.3 is 5.32 Å². The molecule has 2 unspecified atom stereocenters. The van der Waals surface area contributed by atoms with Gasteiger partial charge in [-0.15, -0.1) is 0 Å². The molecule has 2 bridgehead atoms. The Bertz CT molecular complexity index is 710. The maximum Gasteiger partial charge on any atom is 0.239 e. The number of carbonyl (C=O) groups excluding carboxylic acids is 3. The highest BCUT2D eigenvalue weighted by Crippen LogP contribution is 2.62. The van der Waals surface area contributed by atoms with Crippen molar-refractivity contribution in [1.29, 1.82) is 0 Å². The number of rotatable bonds is 2. The standard InChI is InChI=1S/C17H18ClNO3/c1-9-4-5-10(18)8-12(9)19-15(22)17-7-6-11(16(17,2)3)13(20)14(17)21/h4-5,8,11H,6-7H2,1-3H3,(H,19,22). The summed E-state index contributed by atoms with van der Waals surface area (Å²) < 4.78 is 0. The van der Waals surface area contributed by atoms with Crippen LogP contribution >= 0.6 is 11.6 Å². The Labute approximate surface area is 134 Å². The largest absolute Gasteiger partial charge is 0.325 e. The van der Waals surface area contributed by atoms with Crippen molar-refractivity contribution in [2.45, 2.75) is 33.6 Å². The smallest absolute Gasteiger partial charge is 0.239 e. The van der Waals surface area contributed by atoms with E-state index in [0.29, 0.717) is 23.6 Å². The predicted octanol–water partition coefficient (Wildman–Crippen LogP) is 3.16. The van der Waals surface area contributed by atoms with Crippen LogP contribution in [0.15, 0.2) is 18.2 Å². The Kier molecular flexibility index (Phi) is 3.22. The number of halogens is 1. The lowest BCUT2D eigenvalue weighted by molar-refractivity contribution is -0.147. The average Bonchev–Trinajstić information content (AvgIpc) is 2.79. The number of aryl methyl sites for hydroxylation is 1. The first-order valence-electron chi connectivity index (χ1n) is 7.38. The summed E-state index contributed by atoms with van der Waals surface area (Å²) in [5.74, 6) is -1.66. The number of ketones is 2. The molecule has 0 saturated heterocycles. The van der Waals surface area contributed by atoms with Gasteiger partial charge in [0.05, 0.1) is 0 Å². The number of carbonyl (C=O) groups is 3. The SMILES string of the molecule is Cc1ccc(Cl)cc1NC(=O)C12CCC(C(=O)C1=O)C2(C)C. The summed E-state index contributed by atoms with van der Waals surface area (Å²) in [4.78, 5) is 37.5. The highest BCUT2D eigenvalue weighted by Gasteiger charge is 2.72.